The van der Waals surface area contributed by atoms with E-state index in [2.05, 4.69) is 41.5 Å². The van der Waals surface area contributed by atoms with Gasteiger partial charge in [0.25, 0.3) is 5.91 Å². The number of aryl methyl sites for hydroxylation is 1. The molecule has 1 spiro atoms. The number of aliphatic hydroxyl groups excluding tert-OH is 1. The topological polar surface area (TPSA) is 78.9 Å². The van der Waals surface area contributed by atoms with E-state index in [1.807, 2.05) is 18.2 Å². The van der Waals surface area contributed by atoms with Crippen LogP contribution in [0.2, 0.25) is 5.02 Å². The molecule has 0 aromatic heterocycles. The summed E-state index contributed by atoms with van der Waals surface area (Å²) in [7, 11) is -2.82. The molecule has 1 amide bonds. The molecule has 41 heavy (non-hydrogen) atoms. The largest absolute Gasteiger partial charge is 0.490 e. The van der Waals surface area contributed by atoms with E-state index < -0.39 is 9.71 Å². The van der Waals surface area contributed by atoms with Crippen LogP contribution in [0.15, 0.2) is 36.4 Å². The number of hydrogen-bond acceptors (Lipinski definition) is 5. The molecular formula is C33H43ClN2O4S. The zero-order valence-corrected chi connectivity index (χ0v) is 25.8. The van der Waals surface area contributed by atoms with Gasteiger partial charge in [-0.15, -0.1) is 0 Å². The normalized spacial score (nSPS) is 35.8. The fourth-order valence-electron chi connectivity index (χ4n) is 8.03. The molecule has 1 unspecified atom stereocenters. The molecule has 8 heteroatoms. The molecule has 6 rings (SSSR count). The summed E-state index contributed by atoms with van der Waals surface area (Å²) < 4.78 is 22.7. The molecule has 2 heterocycles. The zero-order valence-electron chi connectivity index (χ0n) is 24.2. The third-order valence-corrected chi connectivity index (χ3v) is 11.9. The summed E-state index contributed by atoms with van der Waals surface area (Å²) in [4.78, 5) is 15.8. The van der Waals surface area contributed by atoms with Crippen molar-refractivity contribution in [3.05, 3.63) is 58.1 Å². The van der Waals surface area contributed by atoms with E-state index in [1.54, 1.807) is 6.07 Å². The average molecular weight is 599 g/mol. The van der Waals surface area contributed by atoms with Crippen molar-refractivity contribution in [2.45, 2.75) is 70.3 Å². The molecule has 4 aliphatic rings. The van der Waals surface area contributed by atoms with Crippen molar-refractivity contribution < 1.29 is 18.8 Å². The minimum atomic E-state index is -2.82. The molecule has 2 aromatic carbocycles. The van der Waals surface area contributed by atoms with Crippen LogP contribution in [0.25, 0.3) is 0 Å². The van der Waals surface area contributed by atoms with Gasteiger partial charge in [-0.25, -0.2) is 4.21 Å². The zero-order chi connectivity index (χ0) is 28.9. The minimum absolute atomic E-state index is 0.118. The quantitative estimate of drug-likeness (QED) is 0.385. The third-order valence-electron chi connectivity index (χ3n) is 10.0. The Morgan fingerprint density at radius 3 is 2.76 bits per heavy atom. The maximum absolute atomic E-state index is 13.4. The van der Waals surface area contributed by atoms with Crippen LogP contribution in [-0.2, 0) is 21.5 Å². The second-order valence-electron chi connectivity index (χ2n) is 13.4. The Hall–Kier alpha value is -2.22. The second kappa shape index (κ2) is 11.1. The Bertz CT molecular complexity index is 1430. The number of aliphatic hydroxyl groups is 1. The summed E-state index contributed by atoms with van der Waals surface area (Å²) in [5, 5.41) is 12.1. The van der Waals surface area contributed by atoms with Crippen molar-refractivity contribution in [1.29, 1.82) is 0 Å². The van der Waals surface area contributed by atoms with Crippen LogP contribution >= 0.6 is 11.6 Å². The molecule has 0 saturated heterocycles. The highest BCUT2D eigenvalue weighted by atomic mass is 35.5. The SMILES string of the molecule is C=S1(=O)C[C@@H](C)C[C@@H](C)C[C@H](O)[C@@H]2CC[C@H]2CN2C[C@@]3(CCCc4cc(Cl)ccc43)COc3ccc(cc32)C(=O)N1. The van der Waals surface area contributed by atoms with Gasteiger partial charge in [0.15, 0.2) is 0 Å². The number of rotatable bonds is 0. The van der Waals surface area contributed by atoms with Gasteiger partial charge in [0.2, 0.25) is 0 Å². The molecular weight excluding hydrogens is 556 g/mol. The van der Waals surface area contributed by atoms with E-state index in [0.717, 1.165) is 74.5 Å². The summed E-state index contributed by atoms with van der Waals surface area (Å²) in [5.74, 6) is 5.65. The molecule has 2 aliphatic carbocycles. The van der Waals surface area contributed by atoms with Gasteiger partial charge in [-0.3, -0.25) is 9.52 Å². The maximum atomic E-state index is 13.4. The van der Waals surface area contributed by atoms with E-state index in [4.69, 9.17) is 16.3 Å². The fourth-order valence-corrected chi connectivity index (χ4v) is 9.82. The standard InChI is InChI=1S/C33H43ClN2O4S/c1-21-13-22(2)18-41(3,39)35-32(38)24-7-11-31-29(16-24)36(17-25-6-9-27(25)30(37)14-21)19-33(20-40-31)12-4-5-23-15-26(34)8-10-28(23)33/h7-8,10-11,15-16,21-22,25,27,30,37H,3-6,9,12-14,17-20H2,1-2H3,(H,35,38,39)/t21-,22+,25+,27-,30+,33+,41?/m1/s1. The molecule has 1 fully saturated rings. The molecule has 2 bridgehead atoms. The van der Waals surface area contributed by atoms with Crippen LogP contribution in [0.1, 0.15) is 73.9 Å². The van der Waals surface area contributed by atoms with Crippen molar-refractivity contribution >= 4 is 38.8 Å². The van der Waals surface area contributed by atoms with Gasteiger partial charge >= 0.3 is 0 Å². The summed E-state index contributed by atoms with van der Waals surface area (Å²) in [5.41, 5.74) is 3.73. The van der Waals surface area contributed by atoms with Crippen molar-refractivity contribution in [2.75, 3.05) is 30.3 Å². The Morgan fingerprint density at radius 1 is 1.15 bits per heavy atom. The number of anilines is 1. The highest BCUT2D eigenvalue weighted by Gasteiger charge is 2.44. The van der Waals surface area contributed by atoms with Crippen molar-refractivity contribution in [1.82, 2.24) is 4.72 Å². The van der Waals surface area contributed by atoms with E-state index >= 15 is 0 Å². The predicted octanol–water partition coefficient (Wildman–Crippen LogP) is 5.63. The number of ether oxygens (including phenoxy) is 1. The Balaban J connectivity index is 1.41. The Kier molecular flexibility index (Phi) is 7.84. The lowest BCUT2D eigenvalue weighted by molar-refractivity contribution is 0.000594. The van der Waals surface area contributed by atoms with Crippen molar-refractivity contribution in [3.8, 4) is 5.75 Å². The first-order chi connectivity index (χ1) is 19.5. The number of hydrogen-bond donors (Lipinski definition) is 2. The van der Waals surface area contributed by atoms with Gasteiger partial charge in [0.1, 0.15) is 5.75 Å². The van der Waals surface area contributed by atoms with Gasteiger partial charge in [0, 0.05) is 44.6 Å². The number of carbonyl (C=O) groups excluding carboxylic acids is 1. The van der Waals surface area contributed by atoms with E-state index in [1.165, 1.54) is 11.1 Å². The lowest BCUT2D eigenvalue weighted by atomic mass is 9.67. The van der Waals surface area contributed by atoms with Gasteiger partial charge < -0.3 is 14.7 Å². The number of nitrogens with one attached hydrogen (secondary N) is 1. The monoisotopic (exact) mass is 598 g/mol. The number of nitrogens with zero attached hydrogens (tertiary/aromatic N) is 1. The van der Waals surface area contributed by atoms with Crippen LogP contribution in [0, 0.1) is 23.7 Å². The van der Waals surface area contributed by atoms with Gasteiger partial charge in [-0.05, 0) is 116 Å². The van der Waals surface area contributed by atoms with Gasteiger partial charge in [-0.2, -0.15) is 0 Å². The first kappa shape index (κ1) is 28.9. The molecule has 222 valence electrons. The van der Waals surface area contributed by atoms with Crippen LogP contribution in [-0.4, -0.2) is 52.6 Å². The minimum Gasteiger partial charge on any atom is -0.490 e. The summed E-state index contributed by atoms with van der Waals surface area (Å²) >= 11 is 6.40. The van der Waals surface area contributed by atoms with Crippen molar-refractivity contribution in [3.63, 3.8) is 0 Å². The van der Waals surface area contributed by atoms with Crippen LogP contribution in [0.3, 0.4) is 0 Å². The molecule has 6 nitrogen and oxygen atoms in total. The lowest BCUT2D eigenvalue weighted by Gasteiger charge is -2.46. The smallest absolute Gasteiger partial charge is 0.262 e. The number of fused-ring (bicyclic) bond motifs is 4. The number of benzene rings is 2. The molecule has 1 saturated carbocycles. The summed E-state index contributed by atoms with van der Waals surface area (Å²) in [6, 6.07) is 11.8. The predicted molar refractivity (Wildman–Crippen MR) is 168 cm³/mol. The van der Waals surface area contributed by atoms with Gasteiger partial charge in [-0.1, -0.05) is 31.5 Å². The Labute approximate surface area is 249 Å². The highest BCUT2D eigenvalue weighted by molar-refractivity contribution is 7.99. The summed E-state index contributed by atoms with van der Waals surface area (Å²) in [6.45, 7) is 6.33. The molecule has 0 radical (unpaired) electrons. The highest BCUT2D eigenvalue weighted by Crippen LogP contribution is 2.47. The molecule has 7 atom stereocenters. The van der Waals surface area contributed by atoms with Crippen molar-refractivity contribution in [2.24, 2.45) is 23.7 Å². The average Bonchev–Trinajstić information content (AvgIpc) is 3.02. The second-order valence-corrected chi connectivity index (χ2v) is 16.0. The third kappa shape index (κ3) is 5.87. The number of halogens is 1. The molecule has 2 aliphatic heterocycles. The van der Waals surface area contributed by atoms with E-state index in [-0.39, 0.29) is 29.3 Å². The first-order valence-corrected chi connectivity index (χ1v) is 17.5. The number of amides is 1. The van der Waals surface area contributed by atoms with Gasteiger partial charge in [0.05, 0.1) is 18.4 Å². The van der Waals surface area contributed by atoms with Crippen LogP contribution < -0.4 is 14.4 Å². The Morgan fingerprint density at radius 2 is 1.98 bits per heavy atom. The van der Waals surface area contributed by atoms with Crippen LogP contribution in [0.5, 0.6) is 5.75 Å². The lowest BCUT2D eigenvalue weighted by Crippen LogP contribution is -2.49. The van der Waals surface area contributed by atoms with E-state index in [9.17, 15) is 14.1 Å². The maximum Gasteiger partial charge on any atom is 0.262 e. The number of carbonyl (C=O) groups is 1. The molecule has 2 aromatic rings. The molecule has 2 N–H and O–H groups in total. The van der Waals surface area contributed by atoms with E-state index in [0.29, 0.717) is 29.8 Å². The fraction of sp³-hybridized carbons (Fsp3) is 0.576. The van der Waals surface area contributed by atoms with Crippen LogP contribution in [0.4, 0.5) is 5.69 Å². The first-order valence-electron chi connectivity index (χ1n) is 15.2. The summed E-state index contributed by atoms with van der Waals surface area (Å²) in [6.07, 6.45) is 6.42.